The Bertz CT molecular complexity index is 96.9. The minimum absolute atomic E-state index is 0.798. The fourth-order valence-corrected chi connectivity index (χ4v) is 0.992. The Labute approximate surface area is 82.2 Å². The predicted octanol–water partition coefficient (Wildman–Crippen LogP) is 0.858. The van der Waals surface area contributed by atoms with Crippen LogP contribution in [0.15, 0.2) is 0 Å². The third-order valence-corrected chi connectivity index (χ3v) is 1.86. The summed E-state index contributed by atoms with van der Waals surface area (Å²) in [6, 6.07) is 0. The van der Waals surface area contributed by atoms with Gasteiger partial charge in [-0.2, -0.15) is 0 Å². The van der Waals surface area contributed by atoms with E-state index in [-0.39, 0.29) is 0 Å². The smallest absolute Gasteiger partial charge is 0.0587 e. The van der Waals surface area contributed by atoms with Crippen LogP contribution in [0.5, 0.6) is 0 Å². The van der Waals surface area contributed by atoms with E-state index in [1.54, 1.807) is 7.11 Å². The van der Waals surface area contributed by atoms with Crippen LogP contribution in [-0.4, -0.2) is 39.9 Å². The molecule has 0 saturated carbocycles. The fourth-order valence-electron chi connectivity index (χ4n) is 0.992. The molecule has 2 N–H and O–H groups in total. The van der Waals surface area contributed by atoms with Crippen molar-refractivity contribution in [2.75, 3.05) is 39.9 Å². The van der Waals surface area contributed by atoms with Crippen molar-refractivity contribution in [3.8, 4) is 0 Å². The highest BCUT2D eigenvalue weighted by Gasteiger charge is 1.92. The van der Waals surface area contributed by atoms with Gasteiger partial charge in [0.15, 0.2) is 0 Å². The van der Waals surface area contributed by atoms with Crippen LogP contribution in [0.2, 0.25) is 0 Å². The molecule has 3 nitrogen and oxygen atoms in total. The monoisotopic (exact) mass is 188 g/mol. The molecule has 0 amide bonds. The Morgan fingerprint density at radius 2 is 1.62 bits per heavy atom. The quantitative estimate of drug-likeness (QED) is 0.527. The second-order valence-electron chi connectivity index (χ2n) is 3.68. The van der Waals surface area contributed by atoms with Gasteiger partial charge in [-0.25, -0.2) is 0 Å². The summed E-state index contributed by atoms with van der Waals surface area (Å²) < 4.78 is 4.92. The van der Waals surface area contributed by atoms with Crippen molar-refractivity contribution >= 4 is 0 Å². The van der Waals surface area contributed by atoms with Crippen molar-refractivity contribution in [2.24, 2.45) is 5.92 Å². The molecule has 0 atom stereocenters. The van der Waals surface area contributed by atoms with Gasteiger partial charge in [0.2, 0.25) is 0 Å². The van der Waals surface area contributed by atoms with Gasteiger partial charge in [0.25, 0.3) is 0 Å². The molecule has 0 aromatic carbocycles. The average molecular weight is 188 g/mol. The van der Waals surface area contributed by atoms with E-state index in [4.69, 9.17) is 4.74 Å². The van der Waals surface area contributed by atoms with Crippen molar-refractivity contribution in [2.45, 2.75) is 20.3 Å². The first-order chi connectivity index (χ1) is 6.27. The van der Waals surface area contributed by atoms with E-state index in [0.29, 0.717) is 0 Å². The van der Waals surface area contributed by atoms with Crippen LogP contribution in [0.25, 0.3) is 0 Å². The van der Waals surface area contributed by atoms with E-state index in [1.165, 1.54) is 6.42 Å². The topological polar surface area (TPSA) is 33.3 Å². The summed E-state index contributed by atoms with van der Waals surface area (Å²) >= 11 is 0. The second kappa shape index (κ2) is 9.96. The van der Waals surface area contributed by atoms with Crippen LogP contribution in [0, 0.1) is 5.92 Å². The van der Waals surface area contributed by atoms with Crippen molar-refractivity contribution in [3.63, 3.8) is 0 Å². The molecule has 13 heavy (non-hydrogen) atoms. The Balaban J connectivity index is 2.84. The normalized spacial score (nSPS) is 11.1. The maximum atomic E-state index is 4.92. The molecule has 0 aliphatic carbocycles. The molecule has 0 rings (SSSR count). The zero-order valence-electron chi connectivity index (χ0n) is 9.23. The summed E-state index contributed by atoms with van der Waals surface area (Å²) in [5.41, 5.74) is 0. The van der Waals surface area contributed by atoms with Gasteiger partial charge in [-0.1, -0.05) is 13.8 Å². The first-order valence-corrected chi connectivity index (χ1v) is 5.17. The molecule has 0 aromatic rings. The lowest BCUT2D eigenvalue weighted by atomic mass is 10.1. The van der Waals surface area contributed by atoms with Crippen LogP contribution < -0.4 is 10.6 Å². The highest BCUT2D eigenvalue weighted by molar-refractivity contribution is 4.53. The molecule has 0 spiro atoms. The number of hydrogen-bond acceptors (Lipinski definition) is 3. The predicted molar refractivity (Wildman–Crippen MR) is 57.1 cm³/mol. The minimum atomic E-state index is 0.798. The lowest BCUT2D eigenvalue weighted by Gasteiger charge is -2.07. The minimum Gasteiger partial charge on any atom is -0.383 e. The Morgan fingerprint density at radius 3 is 2.15 bits per heavy atom. The summed E-state index contributed by atoms with van der Waals surface area (Å²) in [7, 11) is 1.72. The van der Waals surface area contributed by atoms with Crippen molar-refractivity contribution < 1.29 is 4.74 Å². The summed E-state index contributed by atoms with van der Waals surface area (Å²) in [6.45, 7) is 9.45. The van der Waals surface area contributed by atoms with Gasteiger partial charge < -0.3 is 15.4 Å². The Kier molecular flexibility index (Phi) is 9.87. The molecule has 3 heteroatoms. The van der Waals surface area contributed by atoms with Gasteiger partial charge in [-0.15, -0.1) is 0 Å². The van der Waals surface area contributed by atoms with Gasteiger partial charge in [0, 0.05) is 26.7 Å². The van der Waals surface area contributed by atoms with Crippen LogP contribution in [-0.2, 0) is 4.74 Å². The molecular weight excluding hydrogens is 164 g/mol. The number of hydrogen-bond donors (Lipinski definition) is 2. The number of ether oxygens (including phenoxy) is 1. The molecular formula is C10H24N2O. The summed E-state index contributed by atoms with van der Waals surface area (Å²) in [5, 5.41) is 6.68. The molecule has 0 saturated heterocycles. The second-order valence-corrected chi connectivity index (χ2v) is 3.68. The van der Waals surface area contributed by atoms with Crippen LogP contribution in [0.3, 0.4) is 0 Å². The lowest BCUT2D eigenvalue weighted by molar-refractivity contribution is 0.199. The molecule has 0 heterocycles. The summed E-state index contributed by atoms with van der Waals surface area (Å²) in [6.07, 6.45) is 1.26. The molecule has 0 fully saturated rings. The largest absolute Gasteiger partial charge is 0.383 e. The first-order valence-electron chi connectivity index (χ1n) is 5.17. The molecule has 0 radical (unpaired) electrons. The zero-order chi connectivity index (χ0) is 9.94. The third kappa shape index (κ3) is 11.9. The van der Waals surface area contributed by atoms with Gasteiger partial charge >= 0.3 is 0 Å². The number of rotatable bonds is 9. The number of methoxy groups -OCH3 is 1. The molecule has 0 bridgehead atoms. The molecule has 0 aliphatic heterocycles. The number of nitrogens with one attached hydrogen (secondary N) is 2. The van der Waals surface area contributed by atoms with Crippen LogP contribution in [0.1, 0.15) is 20.3 Å². The van der Waals surface area contributed by atoms with Crippen LogP contribution >= 0.6 is 0 Å². The summed E-state index contributed by atoms with van der Waals surface area (Å²) in [5.74, 6) is 0.800. The average Bonchev–Trinajstić information content (AvgIpc) is 2.09. The van der Waals surface area contributed by atoms with E-state index >= 15 is 0 Å². The Morgan fingerprint density at radius 1 is 1.00 bits per heavy atom. The van der Waals surface area contributed by atoms with E-state index in [9.17, 15) is 0 Å². The highest BCUT2D eigenvalue weighted by atomic mass is 16.5. The third-order valence-electron chi connectivity index (χ3n) is 1.86. The van der Waals surface area contributed by atoms with Crippen molar-refractivity contribution in [3.05, 3.63) is 0 Å². The maximum absolute atomic E-state index is 4.92. The zero-order valence-corrected chi connectivity index (χ0v) is 9.23. The Hall–Kier alpha value is -0.120. The fraction of sp³-hybridized carbons (Fsp3) is 1.00. The van der Waals surface area contributed by atoms with Crippen LogP contribution in [0.4, 0.5) is 0 Å². The summed E-state index contributed by atoms with van der Waals surface area (Å²) in [4.78, 5) is 0. The maximum Gasteiger partial charge on any atom is 0.0587 e. The molecule has 80 valence electrons. The lowest BCUT2D eigenvalue weighted by Crippen LogP contribution is -2.30. The molecule has 0 aliphatic rings. The van der Waals surface area contributed by atoms with E-state index < -0.39 is 0 Å². The highest BCUT2D eigenvalue weighted by Crippen LogP contribution is 1.95. The van der Waals surface area contributed by atoms with Gasteiger partial charge in [-0.05, 0) is 18.9 Å². The first kappa shape index (κ1) is 12.9. The van der Waals surface area contributed by atoms with Gasteiger partial charge in [0.05, 0.1) is 6.61 Å². The van der Waals surface area contributed by atoms with E-state index in [2.05, 4.69) is 24.5 Å². The van der Waals surface area contributed by atoms with Crippen molar-refractivity contribution in [1.82, 2.24) is 10.6 Å². The van der Waals surface area contributed by atoms with Crippen molar-refractivity contribution in [1.29, 1.82) is 0 Å². The van der Waals surface area contributed by atoms with Gasteiger partial charge in [0.1, 0.15) is 0 Å². The molecule has 0 aromatic heterocycles. The molecule has 0 unspecified atom stereocenters. The van der Waals surface area contributed by atoms with Gasteiger partial charge in [-0.3, -0.25) is 0 Å². The van der Waals surface area contributed by atoms with E-state index in [1.807, 2.05) is 0 Å². The standard InChI is InChI=1S/C10H24N2O/c1-10(2)4-5-11-6-7-12-8-9-13-3/h10-12H,4-9H2,1-3H3. The van der Waals surface area contributed by atoms with E-state index in [0.717, 1.165) is 38.7 Å². The SMILES string of the molecule is COCCNCCNCCC(C)C.